The number of amides is 1. The highest BCUT2D eigenvalue weighted by Gasteiger charge is 2.11. The number of nitrogens with one attached hydrogen (secondary N) is 2. The van der Waals surface area contributed by atoms with E-state index in [-0.39, 0.29) is 24.9 Å². The first kappa shape index (κ1) is 19.8. The van der Waals surface area contributed by atoms with Crippen molar-refractivity contribution in [1.29, 1.82) is 0 Å². The zero-order valence-corrected chi connectivity index (χ0v) is 14.8. The third kappa shape index (κ3) is 8.24. The zero-order chi connectivity index (χ0) is 15.6. The molecule has 1 aliphatic carbocycles. The standard InChI is InChI=1S/C18H28N2O2.ClH/c1-15-7-6-10-17(13-15)22-14-18(21)20-12-11-19-16-8-4-2-3-5-9-16;/h6-7,10,13,16,19H,2-5,8-9,11-12,14H2,1H3,(H,20,21);1H. The largest absolute Gasteiger partial charge is 0.484 e. The van der Waals surface area contributed by atoms with E-state index in [1.807, 2.05) is 31.2 Å². The molecule has 1 aromatic carbocycles. The molecule has 2 N–H and O–H groups in total. The van der Waals surface area contributed by atoms with Gasteiger partial charge in [-0.1, -0.05) is 37.8 Å². The highest BCUT2D eigenvalue weighted by molar-refractivity contribution is 5.85. The fraction of sp³-hybridized carbons (Fsp3) is 0.611. The molecule has 0 spiro atoms. The molecular formula is C18H29ClN2O2. The van der Waals surface area contributed by atoms with Gasteiger partial charge in [0.2, 0.25) is 0 Å². The lowest BCUT2D eigenvalue weighted by Gasteiger charge is -2.16. The van der Waals surface area contributed by atoms with Crippen molar-refractivity contribution < 1.29 is 9.53 Å². The van der Waals surface area contributed by atoms with E-state index >= 15 is 0 Å². The number of aryl methyl sites for hydroxylation is 1. The summed E-state index contributed by atoms with van der Waals surface area (Å²) in [6.45, 7) is 3.58. The summed E-state index contributed by atoms with van der Waals surface area (Å²) < 4.78 is 5.48. The van der Waals surface area contributed by atoms with Gasteiger partial charge < -0.3 is 15.4 Å². The molecule has 23 heavy (non-hydrogen) atoms. The van der Waals surface area contributed by atoms with Crippen LogP contribution in [0, 0.1) is 6.92 Å². The molecule has 130 valence electrons. The van der Waals surface area contributed by atoms with Crippen LogP contribution in [-0.2, 0) is 4.79 Å². The van der Waals surface area contributed by atoms with Crippen molar-refractivity contribution in [3.8, 4) is 5.75 Å². The van der Waals surface area contributed by atoms with Crippen LogP contribution >= 0.6 is 12.4 Å². The molecule has 0 aromatic heterocycles. The second kappa shape index (κ2) is 11.3. The van der Waals surface area contributed by atoms with Crippen molar-refractivity contribution in [2.75, 3.05) is 19.7 Å². The lowest BCUT2D eigenvalue weighted by molar-refractivity contribution is -0.123. The van der Waals surface area contributed by atoms with Gasteiger partial charge in [0.1, 0.15) is 5.75 Å². The maximum atomic E-state index is 11.7. The third-order valence-corrected chi connectivity index (χ3v) is 4.09. The molecule has 1 amide bonds. The van der Waals surface area contributed by atoms with E-state index in [0.29, 0.717) is 12.6 Å². The lowest BCUT2D eigenvalue weighted by atomic mass is 10.1. The molecule has 1 saturated carbocycles. The van der Waals surface area contributed by atoms with Crippen molar-refractivity contribution >= 4 is 18.3 Å². The second-order valence-electron chi connectivity index (χ2n) is 6.10. The van der Waals surface area contributed by atoms with Crippen molar-refractivity contribution in [2.45, 2.75) is 51.5 Å². The average molecular weight is 341 g/mol. The number of rotatable bonds is 7. The van der Waals surface area contributed by atoms with Crippen LogP contribution in [0.2, 0.25) is 0 Å². The normalized spacial score (nSPS) is 15.3. The summed E-state index contributed by atoms with van der Waals surface area (Å²) in [6.07, 6.45) is 7.92. The molecule has 0 heterocycles. The van der Waals surface area contributed by atoms with Gasteiger partial charge in [-0.3, -0.25) is 4.79 Å². The molecule has 2 rings (SSSR count). The Balaban J connectivity index is 0.00000264. The van der Waals surface area contributed by atoms with E-state index in [1.165, 1.54) is 38.5 Å². The number of ether oxygens (including phenoxy) is 1. The molecule has 1 aliphatic rings. The Morgan fingerprint density at radius 3 is 2.61 bits per heavy atom. The van der Waals surface area contributed by atoms with E-state index in [2.05, 4.69) is 10.6 Å². The molecule has 4 nitrogen and oxygen atoms in total. The quantitative estimate of drug-likeness (QED) is 0.592. The molecule has 1 fully saturated rings. The van der Waals surface area contributed by atoms with Crippen LogP contribution in [0.5, 0.6) is 5.75 Å². The molecule has 0 radical (unpaired) electrons. The van der Waals surface area contributed by atoms with Crippen LogP contribution in [0.4, 0.5) is 0 Å². The maximum absolute atomic E-state index is 11.7. The van der Waals surface area contributed by atoms with Crippen LogP contribution in [0.25, 0.3) is 0 Å². The number of benzene rings is 1. The van der Waals surface area contributed by atoms with Crippen LogP contribution in [0.1, 0.15) is 44.1 Å². The first-order chi connectivity index (χ1) is 10.7. The average Bonchev–Trinajstić information content (AvgIpc) is 2.78. The minimum Gasteiger partial charge on any atom is -0.484 e. The van der Waals surface area contributed by atoms with Crippen molar-refractivity contribution in [3.05, 3.63) is 29.8 Å². The molecule has 5 heteroatoms. The number of carbonyl (C=O) groups excluding carboxylic acids is 1. The third-order valence-electron chi connectivity index (χ3n) is 4.09. The van der Waals surface area contributed by atoms with E-state index in [1.54, 1.807) is 0 Å². The molecule has 0 atom stereocenters. The van der Waals surface area contributed by atoms with E-state index in [9.17, 15) is 4.79 Å². The summed E-state index contributed by atoms with van der Waals surface area (Å²) in [5.74, 6) is 0.677. The Labute approximate surface area is 145 Å². The number of hydrogen-bond acceptors (Lipinski definition) is 3. The van der Waals surface area contributed by atoms with Gasteiger partial charge in [-0.25, -0.2) is 0 Å². The monoisotopic (exact) mass is 340 g/mol. The zero-order valence-electron chi connectivity index (χ0n) is 14.0. The Kier molecular flexibility index (Phi) is 9.72. The fourth-order valence-corrected chi connectivity index (χ4v) is 2.87. The van der Waals surface area contributed by atoms with Gasteiger partial charge >= 0.3 is 0 Å². The Morgan fingerprint density at radius 1 is 1.17 bits per heavy atom. The van der Waals surface area contributed by atoms with Crippen molar-refractivity contribution in [2.24, 2.45) is 0 Å². The Morgan fingerprint density at radius 2 is 1.91 bits per heavy atom. The second-order valence-corrected chi connectivity index (χ2v) is 6.10. The summed E-state index contributed by atoms with van der Waals surface area (Å²) >= 11 is 0. The van der Waals surface area contributed by atoms with Gasteiger partial charge in [-0.2, -0.15) is 0 Å². The molecule has 0 unspecified atom stereocenters. The van der Waals surface area contributed by atoms with Gasteiger partial charge in [0.25, 0.3) is 5.91 Å². The summed E-state index contributed by atoms with van der Waals surface area (Å²) in [5.41, 5.74) is 1.13. The van der Waals surface area contributed by atoms with Crippen molar-refractivity contribution in [3.63, 3.8) is 0 Å². The van der Waals surface area contributed by atoms with Gasteiger partial charge in [0.15, 0.2) is 6.61 Å². The lowest BCUT2D eigenvalue weighted by Crippen LogP contribution is -2.38. The topological polar surface area (TPSA) is 50.4 Å². The summed E-state index contributed by atoms with van der Waals surface area (Å²) in [4.78, 5) is 11.7. The predicted octanol–water partition coefficient (Wildman–Crippen LogP) is 3.22. The number of halogens is 1. The minimum atomic E-state index is -0.0656. The van der Waals surface area contributed by atoms with E-state index in [0.717, 1.165) is 17.9 Å². The fourth-order valence-electron chi connectivity index (χ4n) is 2.87. The van der Waals surface area contributed by atoms with Gasteiger partial charge in [0.05, 0.1) is 0 Å². The van der Waals surface area contributed by atoms with Crippen LogP contribution in [0.15, 0.2) is 24.3 Å². The Bertz CT molecular complexity index is 460. The van der Waals surface area contributed by atoms with Gasteiger partial charge in [-0.15, -0.1) is 12.4 Å². The van der Waals surface area contributed by atoms with Crippen LogP contribution in [-0.4, -0.2) is 31.6 Å². The summed E-state index contributed by atoms with van der Waals surface area (Å²) in [7, 11) is 0. The number of carbonyl (C=O) groups is 1. The van der Waals surface area contributed by atoms with Crippen LogP contribution in [0.3, 0.4) is 0 Å². The molecule has 0 saturated heterocycles. The first-order valence-corrected chi connectivity index (χ1v) is 8.43. The highest BCUT2D eigenvalue weighted by Crippen LogP contribution is 2.16. The molecule has 0 bridgehead atoms. The van der Waals surface area contributed by atoms with E-state index in [4.69, 9.17) is 4.74 Å². The van der Waals surface area contributed by atoms with Crippen molar-refractivity contribution in [1.82, 2.24) is 10.6 Å². The summed E-state index contributed by atoms with van der Waals surface area (Å²) in [6, 6.07) is 8.36. The van der Waals surface area contributed by atoms with Crippen LogP contribution < -0.4 is 15.4 Å². The SMILES string of the molecule is Cc1cccc(OCC(=O)NCCNC2CCCCCC2)c1.Cl. The van der Waals surface area contributed by atoms with Gasteiger partial charge in [-0.05, 0) is 37.5 Å². The smallest absolute Gasteiger partial charge is 0.257 e. The summed E-state index contributed by atoms with van der Waals surface area (Å²) in [5, 5.41) is 6.44. The number of hydrogen-bond donors (Lipinski definition) is 2. The molecular weight excluding hydrogens is 312 g/mol. The Hall–Kier alpha value is -1.26. The molecule has 1 aromatic rings. The molecule has 0 aliphatic heterocycles. The first-order valence-electron chi connectivity index (χ1n) is 8.43. The van der Waals surface area contributed by atoms with E-state index < -0.39 is 0 Å². The minimum absolute atomic E-state index is 0. The maximum Gasteiger partial charge on any atom is 0.257 e. The van der Waals surface area contributed by atoms with Gasteiger partial charge in [0, 0.05) is 19.1 Å². The highest BCUT2D eigenvalue weighted by atomic mass is 35.5. The predicted molar refractivity (Wildman–Crippen MR) is 96.4 cm³/mol.